The minimum Gasteiger partial charge on any atom is -0.291 e. The molecular weight excluding hydrogens is 308 g/mol. The zero-order valence-electron chi connectivity index (χ0n) is 16.4. The van der Waals surface area contributed by atoms with Gasteiger partial charge in [0.15, 0.2) is 0 Å². The number of hydrogen-bond acceptors (Lipinski definition) is 4. The first-order valence-corrected chi connectivity index (χ1v) is 11.2. The second-order valence-electron chi connectivity index (χ2n) is 8.66. The van der Waals surface area contributed by atoms with Crippen LogP contribution in [-0.2, 0) is 0 Å². The van der Waals surface area contributed by atoms with Crippen LogP contribution in [0, 0.1) is 17.8 Å². The lowest BCUT2D eigenvalue weighted by atomic mass is 9.77. The third-order valence-corrected chi connectivity index (χ3v) is 6.72. The Hall–Kier alpha value is -0.610. The smallest absolute Gasteiger partial charge is 0.109 e. The Labute approximate surface area is 155 Å². The second-order valence-corrected chi connectivity index (χ2v) is 8.66. The van der Waals surface area contributed by atoms with Crippen molar-refractivity contribution in [3.8, 4) is 0 Å². The summed E-state index contributed by atoms with van der Waals surface area (Å²) in [6, 6.07) is 0. The lowest BCUT2D eigenvalue weighted by Crippen LogP contribution is -2.61. The monoisotopic (exact) mass is 348 g/mol. The van der Waals surface area contributed by atoms with Crippen molar-refractivity contribution in [3.05, 3.63) is 0 Å². The van der Waals surface area contributed by atoms with E-state index in [1.54, 1.807) is 0 Å². The molecule has 1 aliphatic heterocycles. The maximum atomic E-state index is 4.87. The van der Waals surface area contributed by atoms with E-state index >= 15 is 0 Å². The van der Waals surface area contributed by atoms with Crippen molar-refractivity contribution < 1.29 is 0 Å². The van der Waals surface area contributed by atoms with Crippen molar-refractivity contribution in [1.29, 1.82) is 0 Å². The Morgan fingerprint density at radius 2 is 1.80 bits per heavy atom. The summed E-state index contributed by atoms with van der Waals surface area (Å²) in [6.45, 7) is 3.39. The van der Waals surface area contributed by atoms with Crippen molar-refractivity contribution in [1.82, 2.24) is 16.3 Å². The molecule has 2 saturated carbocycles. The van der Waals surface area contributed by atoms with Gasteiger partial charge in [0.2, 0.25) is 0 Å². The van der Waals surface area contributed by atoms with Crippen LogP contribution in [0.25, 0.3) is 0 Å². The lowest BCUT2D eigenvalue weighted by Gasteiger charge is -2.41. The number of hydrogen-bond donors (Lipinski definition) is 3. The van der Waals surface area contributed by atoms with Gasteiger partial charge in [0.05, 0.1) is 0 Å². The van der Waals surface area contributed by atoms with Gasteiger partial charge in [0.1, 0.15) is 6.17 Å². The average Bonchev–Trinajstić information content (AvgIpc) is 2.67. The fourth-order valence-electron chi connectivity index (χ4n) is 5.22. The van der Waals surface area contributed by atoms with E-state index in [-0.39, 0.29) is 0 Å². The summed E-state index contributed by atoms with van der Waals surface area (Å²) in [7, 11) is 0. The second kappa shape index (κ2) is 10.5. The predicted octanol–water partition coefficient (Wildman–Crippen LogP) is 4.72. The third kappa shape index (κ3) is 5.96. The Morgan fingerprint density at radius 3 is 2.64 bits per heavy atom. The summed E-state index contributed by atoms with van der Waals surface area (Å²) >= 11 is 0. The Bertz CT molecular complexity index is 401. The van der Waals surface area contributed by atoms with Crippen LogP contribution in [-0.4, -0.2) is 18.4 Å². The molecule has 0 aromatic carbocycles. The number of nitrogens with one attached hydrogen (secondary N) is 3. The Morgan fingerprint density at radius 1 is 1.00 bits per heavy atom. The van der Waals surface area contributed by atoms with Crippen LogP contribution in [0.5, 0.6) is 0 Å². The Kier molecular flexibility index (Phi) is 8.06. The highest BCUT2D eigenvalue weighted by atomic mass is 15.5. The molecule has 25 heavy (non-hydrogen) atoms. The maximum Gasteiger partial charge on any atom is 0.109 e. The van der Waals surface area contributed by atoms with E-state index in [0.29, 0.717) is 6.17 Å². The summed E-state index contributed by atoms with van der Waals surface area (Å²) in [6.07, 6.45) is 19.4. The predicted molar refractivity (Wildman–Crippen MR) is 106 cm³/mol. The van der Waals surface area contributed by atoms with Gasteiger partial charge in [0, 0.05) is 12.3 Å². The first-order valence-electron chi connectivity index (χ1n) is 11.2. The molecule has 1 saturated heterocycles. The standard InChI is InChI=1S/C21H40N4/c1-2-9-19(14-8-12-17-10-4-3-5-11-17)23-25-21-20-15-7-6-13-18(20)16-22-24-21/h17-18,20-22,24-25H,2-16H2,1H3/b23-19+. The summed E-state index contributed by atoms with van der Waals surface area (Å²) in [5.74, 6) is 2.56. The normalized spacial score (nSPS) is 31.6. The van der Waals surface area contributed by atoms with Crippen LogP contribution in [0.15, 0.2) is 5.10 Å². The van der Waals surface area contributed by atoms with Crippen molar-refractivity contribution in [2.24, 2.45) is 22.9 Å². The molecule has 0 aromatic rings. The van der Waals surface area contributed by atoms with Crippen LogP contribution in [0.2, 0.25) is 0 Å². The first-order chi connectivity index (χ1) is 12.4. The third-order valence-electron chi connectivity index (χ3n) is 6.72. The van der Waals surface area contributed by atoms with Crippen LogP contribution < -0.4 is 16.3 Å². The number of fused-ring (bicyclic) bond motifs is 1. The molecule has 3 unspecified atom stereocenters. The molecule has 0 aromatic heterocycles. The van der Waals surface area contributed by atoms with Crippen molar-refractivity contribution in [2.45, 2.75) is 103 Å². The van der Waals surface area contributed by atoms with Gasteiger partial charge in [-0.15, -0.1) is 0 Å². The zero-order valence-corrected chi connectivity index (χ0v) is 16.4. The fraction of sp³-hybridized carbons (Fsp3) is 0.952. The number of nitrogens with zero attached hydrogens (tertiary/aromatic N) is 1. The lowest BCUT2D eigenvalue weighted by molar-refractivity contribution is 0.0994. The number of rotatable bonds is 8. The van der Waals surface area contributed by atoms with Crippen molar-refractivity contribution in [2.75, 3.05) is 6.54 Å². The SMILES string of the molecule is CCC/C(CCCC1CCCCC1)=N\NC1NNCC2CCCCC21. The molecule has 1 heterocycles. The summed E-state index contributed by atoms with van der Waals surface area (Å²) in [5.41, 5.74) is 11.7. The first kappa shape index (κ1) is 19.2. The van der Waals surface area contributed by atoms with Gasteiger partial charge in [-0.3, -0.25) is 10.9 Å². The fourth-order valence-corrected chi connectivity index (χ4v) is 5.22. The van der Waals surface area contributed by atoms with E-state index in [2.05, 4.69) is 23.2 Å². The van der Waals surface area contributed by atoms with Crippen molar-refractivity contribution in [3.63, 3.8) is 0 Å². The van der Waals surface area contributed by atoms with E-state index in [9.17, 15) is 0 Å². The van der Waals surface area contributed by atoms with Crippen LogP contribution in [0.3, 0.4) is 0 Å². The van der Waals surface area contributed by atoms with Crippen molar-refractivity contribution >= 4 is 5.71 Å². The highest BCUT2D eigenvalue weighted by Gasteiger charge is 2.34. The van der Waals surface area contributed by atoms with Crippen LogP contribution in [0.1, 0.15) is 96.8 Å². The van der Waals surface area contributed by atoms with E-state index in [1.807, 2.05) is 0 Å². The van der Waals surface area contributed by atoms with Crippen LogP contribution in [0.4, 0.5) is 0 Å². The highest BCUT2D eigenvalue weighted by molar-refractivity contribution is 5.84. The minimum atomic E-state index is 0.309. The molecule has 3 rings (SSSR count). The molecule has 4 heteroatoms. The molecule has 3 aliphatic rings. The highest BCUT2D eigenvalue weighted by Crippen LogP contribution is 2.33. The zero-order chi connectivity index (χ0) is 17.3. The molecular formula is C21H40N4. The van der Waals surface area contributed by atoms with Gasteiger partial charge >= 0.3 is 0 Å². The van der Waals surface area contributed by atoms with Gasteiger partial charge in [-0.25, -0.2) is 5.43 Å². The van der Waals surface area contributed by atoms with Gasteiger partial charge in [-0.05, 0) is 49.9 Å². The number of hydrazine groups is 1. The largest absolute Gasteiger partial charge is 0.291 e. The minimum absolute atomic E-state index is 0.309. The molecule has 3 atom stereocenters. The van der Waals surface area contributed by atoms with Gasteiger partial charge < -0.3 is 0 Å². The molecule has 0 bridgehead atoms. The van der Waals surface area contributed by atoms with E-state index in [0.717, 1.165) is 30.7 Å². The topological polar surface area (TPSA) is 48.5 Å². The molecule has 3 N–H and O–H groups in total. The summed E-state index contributed by atoms with van der Waals surface area (Å²) in [5, 5.41) is 4.87. The van der Waals surface area contributed by atoms with Crippen LogP contribution >= 0.6 is 0 Å². The molecule has 2 aliphatic carbocycles. The molecule has 0 radical (unpaired) electrons. The molecule has 3 fully saturated rings. The van der Waals surface area contributed by atoms with E-state index in [1.165, 1.54) is 89.2 Å². The summed E-state index contributed by atoms with van der Waals surface area (Å²) in [4.78, 5) is 0. The molecule has 4 nitrogen and oxygen atoms in total. The number of hydrazone groups is 1. The quantitative estimate of drug-likeness (QED) is 0.439. The van der Waals surface area contributed by atoms with E-state index < -0.39 is 0 Å². The van der Waals surface area contributed by atoms with Gasteiger partial charge in [-0.1, -0.05) is 64.7 Å². The molecule has 144 valence electrons. The molecule has 0 spiro atoms. The average molecular weight is 349 g/mol. The summed E-state index contributed by atoms with van der Waals surface area (Å²) < 4.78 is 0. The van der Waals surface area contributed by atoms with E-state index in [4.69, 9.17) is 5.10 Å². The Balaban J connectivity index is 1.45. The molecule has 0 amide bonds. The van der Waals surface area contributed by atoms with Gasteiger partial charge in [-0.2, -0.15) is 5.10 Å². The van der Waals surface area contributed by atoms with Gasteiger partial charge in [0.25, 0.3) is 0 Å². The maximum absolute atomic E-state index is 4.87.